The summed E-state index contributed by atoms with van der Waals surface area (Å²) in [4.78, 5) is 40.7. The fraction of sp³-hybridized carbons (Fsp3) is 0.600. The molecule has 142 valence electrons. The summed E-state index contributed by atoms with van der Waals surface area (Å²) < 4.78 is 5.15. The number of aliphatic hydroxyl groups excluding tert-OH is 1. The number of carbonyl (C=O) groups excluding carboxylic acids is 2. The zero-order valence-corrected chi connectivity index (χ0v) is 15.8. The van der Waals surface area contributed by atoms with Gasteiger partial charge in [-0.3, -0.25) is 19.5 Å². The number of hydrogen-bond donors (Lipinski definition) is 3. The first-order valence-electron chi connectivity index (χ1n) is 7.99. The Labute approximate surface area is 158 Å². The van der Waals surface area contributed by atoms with Crippen LogP contribution in [0.25, 0.3) is 0 Å². The third-order valence-electron chi connectivity index (χ3n) is 4.30. The van der Waals surface area contributed by atoms with Crippen molar-refractivity contribution in [3.63, 3.8) is 0 Å². The number of fused-ring (bicyclic) bond motifs is 1. The molecule has 3 unspecified atom stereocenters. The van der Waals surface area contributed by atoms with Gasteiger partial charge in [0.25, 0.3) is 0 Å². The number of rotatable bonds is 6. The number of aliphatic imine (C=N–C) groups is 1. The van der Waals surface area contributed by atoms with Crippen molar-refractivity contribution in [2.24, 2.45) is 10.9 Å². The topological polar surface area (TPSA) is 129 Å². The molecule has 26 heavy (non-hydrogen) atoms. The SMILES string of the molecule is COC(=O)CC1=NCC(SC2=C(C(=O)O)N3C(=O)C(C(C)O)[C@H]3S2)CN1. The summed E-state index contributed by atoms with van der Waals surface area (Å²) in [5.41, 5.74) is -0.0174. The largest absolute Gasteiger partial charge is 0.477 e. The summed E-state index contributed by atoms with van der Waals surface area (Å²) in [5.74, 6) is -1.92. The minimum absolute atomic E-state index is 0.0174. The fourth-order valence-electron chi connectivity index (χ4n) is 2.95. The van der Waals surface area contributed by atoms with E-state index in [9.17, 15) is 24.6 Å². The average Bonchev–Trinajstić information content (AvgIpc) is 2.90. The molecule has 11 heteroatoms. The van der Waals surface area contributed by atoms with E-state index in [4.69, 9.17) is 0 Å². The van der Waals surface area contributed by atoms with Crippen molar-refractivity contribution in [2.75, 3.05) is 20.2 Å². The Morgan fingerprint density at radius 1 is 1.54 bits per heavy atom. The molecule has 0 spiro atoms. The number of aliphatic hydroxyl groups is 1. The number of aliphatic carboxylic acids is 1. The van der Waals surface area contributed by atoms with Crippen molar-refractivity contribution in [1.82, 2.24) is 10.2 Å². The molecule has 0 saturated carbocycles. The molecule has 1 saturated heterocycles. The van der Waals surface area contributed by atoms with E-state index in [-0.39, 0.29) is 34.6 Å². The number of β-lactam (4-membered cyclic amide) rings is 1. The van der Waals surface area contributed by atoms with Gasteiger partial charge in [-0.2, -0.15) is 0 Å². The Morgan fingerprint density at radius 2 is 2.27 bits per heavy atom. The molecule has 0 bridgehead atoms. The lowest BCUT2D eigenvalue weighted by atomic mass is 9.92. The Kier molecular flexibility index (Phi) is 5.49. The summed E-state index contributed by atoms with van der Waals surface area (Å²) in [6.45, 7) is 2.49. The van der Waals surface area contributed by atoms with Crippen molar-refractivity contribution in [2.45, 2.75) is 30.1 Å². The van der Waals surface area contributed by atoms with Crippen LogP contribution in [-0.4, -0.2) is 75.7 Å². The first kappa shape index (κ1) is 19.1. The number of carboxylic acid groups (broad SMARTS) is 1. The minimum Gasteiger partial charge on any atom is -0.477 e. The van der Waals surface area contributed by atoms with Crippen molar-refractivity contribution in [3.05, 3.63) is 9.93 Å². The predicted molar refractivity (Wildman–Crippen MR) is 96.4 cm³/mol. The van der Waals surface area contributed by atoms with E-state index in [1.807, 2.05) is 0 Å². The highest BCUT2D eigenvalue weighted by molar-refractivity contribution is 8.23. The second kappa shape index (κ2) is 7.49. The summed E-state index contributed by atoms with van der Waals surface area (Å²) in [6, 6.07) is 0. The summed E-state index contributed by atoms with van der Waals surface area (Å²) >= 11 is 2.66. The van der Waals surface area contributed by atoms with Crippen LogP contribution in [0.2, 0.25) is 0 Å². The molecule has 3 aliphatic heterocycles. The zero-order valence-electron chi connectivity index (χ0n) is 14.2. The van der Waals surface area contributed by atoms with Crippen LogP contribution in [0.3, 0.4) is 0 Å². The zero-order chi connectivity index (χ0) is 19.0. The summed E-state index contributed by atoms with van der Waals surface area (Å²) in [6.07, 6.45) is -0.746. The molecule has 0 aromatic rings. The lowest BCUT2D eigenvalue weighted by molar-refractivity contribution is -0.156. The lowest BCUT2D eigenvalue weighted by Crippen LogP contribution is -2.60. The predicted octanol–water partition coefficient (Wildman–Crippen LogP) is -0.181. The van der Waals surface area contributed by atoms with Crippen LogP contribution in [0.1, 0.15) is 13.3 Å². The van der Waals surface area contributed by atoms with E-state index in [0.717, 1.165) is 0 Å². The smallest absolute Gasteiger partial charge is 0.354 e. The van der Waals surface area contributed by atoms with Gasteiger partial charge in [-0.15, -0.1) is 11.8 Å². The van der Waals surface area contributed by atoms with Gasteiger partial charge in [0.15, 0.2) is 5.70 Å². The van der Waals surface area contributed by atoms with Gasteiger partial charge >= 0.3 is 11.9 Å². The van der Waals surface area contributed by atoms with E-state index in [1.54, 1.807) is 0 Å². The van der Waals surface area contributed by atoms with Gasteiger partial charge in [-0.25, -0.2) is 4.79 Å². The third kappa shape index (κ3) is 3.42. The Bertz CT molecular complexity index is 707. The molecule has 0 radical (unpaired) electrons. The molecular weight excluding hydrogens is 382 g/mol. The second-order valence-electron chi connectivity index (χ2n) is 6.09. The van der Waals surface area contributed by atoms with Gasteiger partial charge in [0, 0.05) is 11.8 Å². The average molecular weight is 401 g/mol. The van der Waals surface area contributed by atoms with Crippen LogP contribution in [0.5, 0.6) is 0 Å². The van der Waals surface area contributed by atoms with Crippen molar-refractivity contribution in [1.29, 1.82) is 0 Å². The number of carboxylic acids is 1. The maximum atomic E-state index is 12.2. The third-order valence-corrected chi connectivity index (χ3v) is 7.09. The summed E-state index contributed by atoms with van der Waals surface area (Å²) in [7, 11) is 1.31. The number of esters is 1. The first-order valence-corrected chi connectivity index (χ1v) is 9.75. The highest BCUT2D eigenvalue weighted by Crippen LogP contribution is 2.54. The first-order chi connectivity index (χ1) is 12.3. The Morgan fingerprint density at radius 3 is 2.81 bits per heavy atom. The number of amidine groups is 1. The van der Waals surface area contributed by atoms with Gasteiger partial charge in [0.05, 0.1) is 29.9 Å². The van der Waals surface area contributed by atoms with Gasteiger partial charge in [0.2, 0.25) is 5.91 Å². The molecular formula is C15H19N3O6S2. The number of amides is 1. The van der Waals surface area contributed by atoms with Crippen LogP contribution in [0.15, 0.2) is 14.9 Å². The van der Waals surface area contributed by atoms with E-state index in [0.29, 0.717) is 23.2 Å². The van der Waals surface area contributed by atoms with Crippen LogP contribution < -0.4 is 5.32 Å². The fourth-order valence-corrected chi connectivity index (χ4v) is 6.12. The number of nitrogens with one attached hydrogen (secondary N) is 1. The number of carbonyl (C=O) groups is 3. The Balaban J connectivity index is 1.68. The van der Waals surface area contributed by atoms with E-state index >= 15 is 0 Å². The van der Waals surface area contributed by atoms with E-state index < -0.39 is 18.0 Å². The molecule has 0 aliphatic carbocycles. The molecule has 1 amide bonds. The molecule has 3 N–H and O–H groups in total. The quantitative estimate of drug-likeness (QED) is 0.410. The molecule has 0 aromatic heterocycles. The van der Waals surface area contributed by atoms with E-state index in [2.05, 4.69) is 15.0 Å². The normalized spacial score (nSPS) is 28.7. The number of hydrogen-bond acceptors (Lipinski definition) is 9. The molecule has 3 rings (SSSR count). The standard InChI is InChI=1S/C15H19N3O6S2/c1-6(19)10-12(21)18-11(14(22)23)15(26-13(10)18)25-7-4-16-8(17-5-7)3-9(20)24-2/h6-7,10,13,19H,3-5H2,1-2H3,(H,16,17)(H,22,23)/t6?,10?,13-/m1/s1. The lowest BCUT2D eigenvalue weighted by Gasteiger charge is -2.43. The van der Waals surface area contributed by atoms with Crippen molar-refractivity contribution >= 4 is 47.2 Å². The van der Waals surface area contributed by atoms with Crippen LogP contribution in [0, 0.1) is 5.92 Å². The van der Waals surface area contributed by atoms with Gasteiger partial charge in [0.1, 0.15) is 17.6 Å². The van der Waals surface area contributed by atoms with Crippen molar-refractivity contribution in [3.8, 4) is 0 Å². The molecule has 3 heterocycles. The summed E-state index contributed by atoms with van der Waals surface area (Å²) in [5, 5.41) is 21.9. The van der Waals surface area contributed by atoms with Gasteiger partial charge in [-0.05, 0) is 6.92 Å². The molecule has 4 atom stereocenters. The van der Waals surface area contributed by atoms with Crippen LogP contribution in [-0.2, 0) is 19.1 Å². The minimum atomic E-state index is -1.15. The number of methoxy groups -OCH3 is 1. The highest BCUT2D eigenvalue weighted by Gasteiger charge is 2.57. The molecule has 0 aromatic carbocycles. The number of nitrogens with zero attached hydrogens (tertiary/aromatic N) is 2. The second-order valence-corrected chi connectivity index (χ2v) is 8.78. The molecule has 1 fully saturated rings. The monoisotopic (exact) mass is 401 g/mol. The van der Waals surface area contributed by atoms with Crippen molar-refractivity contribution < 1.29 is 29.3 Å². The van der Waals surface area contributed by atoms with Gasteiger partial charge in [-0.1, -0.05) is 11.8 Å². The maximum absolute atomic E-state index is 12.2. The molecule has 3 aliphatic rings. The maximum Gasteiger partial charge on any atom is 0.354 e. The number of thioether (sulfide) groups is 2. The van der Waals surface area contributed by atoms with Crippen LogP contribution >= 0.6 is 23.5 Å². The van der Waals surface area contributed by atoms with Gasteiger partial charge < -0.3 is 20.3 Å². The molecule has 9 nitrogen and oxygen atoms in total. The van der Waals surface area contributed by atoms with Crippen LogP contribution in [0.4, 0.5) is 0 Å². The number of ether oxygens (including phenoxy) is 1. The van der Waals surface area contributed by atoms with E-state index in [1.165, 1.54) is 42.5 Å². The highest BCUT2D eigenvalue weighted by atomic mass is 32.2. The Hall–Kier alpha value is -1.72.